The molecule has 0 saturated heterocycles. The van der Waals surface area contributed by atoms with Crippen molar-refractivity contribution in [2.24, 2.45) is 0 Å². The molecule has 0 spiro atoms. The monoisotopic (exact) mass is 344 g/mol. The third kappa shape index (κ3) is 3.97. The summed E-state index contributed by atoms with van der Waals surface area (Å²) in [6.45, 7) is 0. The van der Waals surface area contributed by atoms with Crippen LogP contribution >= 0.6 is 34.8 Å². The topological polar surface area (TPSA) is 18.5 Å². The zero-order valence-electron chi connectivity index (χ0n) is 11.8. The molecule has 0 fully saturated rings. The molecule has 112 valence electrons. The zero-order valence-corrected chi connectivity index (χ0v) is 14.0. The predicted octanol–water partition coefficient (Wildman–Crippen LogP) is 5.45. The molecule has 2 aromatic carbocycles. The summed E-state index contributed by atoms with van der Waals surface area (Å²) in [6.07, 6.45) is 1.55. The molecule has 2 nitrogen and oxygen atoms in total. The second-order valence-corrected chi connectivity index (χ2v) is 5.77. The Morgan fingerprint density at radius 1 is 0.810 bits per heavy atom. The van der Waals surface area contributed by atoms with Crippen LogP contribution in [0.2, 0.25) is 15.1 Å². The molecule has 0 N–H and O–H groups in total. The van der Waals surface area contributed by atoms with Gasteiger partial charge in [0.1, 0.15) is 5.75 Å². The van der Waals surface area contributed by atoms with Gasteiger partial charge in [-0.3, -0.25) is 0 Å². The second kappa shape index (κ2) is 7.26. The minimum absolute atomic E-state index is 0.501. The Morgan fingerprint density at radius 3 is 2.05 bits per heavy atom. The SMILES string of the molecule is COc1ccc(Cl)c(CCc2cc(Cl)c(OC)c(Cl)c2)c1. The van der Waals surface area contributed by atoms with E-state index < -0.39 is 0 Å². The van der Waals surface area contributed by atoms with Gasteiger partial charge in [-0.15, -0.1) is 0 Å². The lowest BCUT2D eigenvalue weighted by atomic mass is 10.0. The van der Waals surface area contributed by atoms with Crippen molar-refractivity contribution in [3.63, 3.8) is 0 Å². The van der Waals surface area contributed by atoms with E-state index in [0.29, 0.717) is 15.8 Å². The predicted molar refractivity (Wildman–Crippen MR) is 88.4 cm³/mol. The van der Waals surface area contributed by atoms with E-state index in [-0.39, 0.29) is 0 Å². The largest absolute Gasteiger partial charge is 0.497 e. The molecule has 0 radical (unpaired) electrons. The number of methoxy groups -OCH3 is 2. The summed E-state index contributed by atoms with van der Waals surface area (Å²) in [5, 5.41) is 1.75. The van der Waals surface area contributed by atoms with Crippen LogP contribution in [0.15, 0.2) is 30.3 Å². The maximum Gasteiger partial charge on any atom is 0.156 e. The van der Waals surface area contributed by atoms with Gasteiger partial charge in [0.2, 0.25) is 0 Å². The van der Waals surface area contributed by atoms with Crippen molar-refractivity contribution >= 4 is 34.8 Å². The highest BCUT2D eigenvalue weighted by molar-refractivity contribution is 6.37. The van der Waals surface area contributed by atoms with E-state index >= 15 is 0 Å². The number of benzene rings is 2. The van der Waals surface area contributed by atoms with E-state index in [9.17, 15) is 0 Å². The van der Waals surface area contributed by atoms with Gasteiger partial charge in [-0.25, -0.2) is 0 Å². The normalized spacial score (nSPS) is 10.5. The number of halogens is 3. The molecule has 0 saturated carbocycles. The molecule has 0 unspecified atom stereocenters. The molecular formula is C16H15Cl3O2. The van der Waals surface area contributed by atoms with Crippen molar-refractivity contribution < 1.29 is 9.47 Å². The third-order valence-electron chi connectivity index (χ3n) is 3.20. The van der Waals surface area contributed by atoms with Gasteiger partial charge in [-0.1, -0.05) is 34.8 Å². The van der Waals surface area contributed by atoms with Crippen LogP contribution < -0.4 is 9.47 Å². The van der Waals surface area contributed by atoms with E-state index in [0.717, 1.165) is 34.7 Å². The minimum atomic E-state index is 0.501. The van der Waals surface area contributed by atoms with Gasteiger partial charge in [0, 0.05) is 5.02 Å². The fraction of sp³-hybridized carbons (Fsp3) is 0.250. The van der Waals surface area contributed by atoms with Gasteiger partial charge < -0.3 is 9.47 Å². The lowest BCUT2D eigenvalue weighted by Gasteiger charge is -2.10. The van der Waals surface area contributed by atoms with Crippen LogP contribution in [0.3, 0.4) is 0 Å². The number of rotatable bonds is 5. The van der Waals surface area contributed by atoms with Gasteiger partial charge in [0.25, 0.3) is 0 Å². The fourth-order valence-corrected chi connectivity index (χ4v) is 3.00. The van der Waals surface area contributed by atoms with Crippen molar-refractivity contribution in [1.29, 1.82) is 0 Å². The highest BCUT2D eigenvalue weighted by atomic mass is 35.5. The van der Waals surface area contributed by atoms with Crippen LogP contribution in [0, 0.1) is 0 Å². The standard InChI is InChI=1S/C16H15Cl3O2/c1-20-12-5-6-13(17)11(9-12)4-3-10-7-14(18)16(21-2)15(19)8-10/h5-9H,3-4H2,1-2H3. The Labute approximate surface area is 139 Å². The highest BCUT2D eigenvalue weighted by Gasteiger charge is 2.09. The van der Waals surface area contributed by atoms with E-state index in [1.807, 2.05) is 30.3 Å². The van der Waals surface area contributed by atoms with Crippen molar-refractivity contribution in [2.45, 2.75) is 12.8 Å². The number of aryl methyl sites for hydroxylation is 2. The Balaban J connectivity index is 2.17. The van der Waals surface area contributed by atoms with Crippen LogP contribution in [-0.2, 0) is 12.8 Å². The average Bonchev–Trinajstić information content (AvgIpc) is 2.46. The molecule has 21 heavy (non-hydrogen) atoms. The summed E-state index contributed by atoms with van der Waals surface area (Å²) < 4.78 is 10.4. The maximum atomic E-state index is 6.20. The van der Waals surface area contributed by atoms with Crippen LogP contribution in [-0.4, -0.2) is 14.2 Å². The Hall–Kier alpha value is -1.09. The summed E-state index contributed by atoms with van der Waals surface area (Å²) in [4.78, 5) is 0. The lowest BCUT2D eigenvalue weighted by molar-refractivity contribution is 0.414. The first kappa shape index (κ1) is 16.3. The summed E-state index contributed by atoms with van der Waals surface area (Å²) in [6, 6.07) is 9.34. The van der Waals surface area contributed by atoms with Crippen LogP contribution in [0.5, 0.6) is 11.5 Å². The van der Waals surface area contributed by atoms with Crippen molar-refractivity contribution in [1.82, 2.24) is 0 Å². The van der Waals surface area contributed by atoms with Gasteiger partial charge in [0.05, 0.1) is 24.3 Å². The molecule has 0 heterocycles. The second-order valence-electron chi connectivity index (χ2n) is 4.55. The first-order chi connectivity index (χ1) is 10.0. The smallest absolute Gasteiger partial charge is 0.156 e. The average molecular weight is 346 g/mol. The van der Waals surface area contributed by atoms with Crippen molar-refractivity contribution in [3.05, 3.63) is 56.5 Å². The summed E-state index contributed by atoms with van der Waals surface area (Å²) in [7, 11) is 3.18. The number of hydrogen-bond donors (Lipinski definition) is 0. The van der Waals surface area contributed by atoms with Crippen LogP contribution in [0.4, 0.5) is 0 Å². The fourth-order valence-electron chi connectivity index (χ4n) is 2.10. The molecule has 0 aliphatic heterocycles. The van der Waals surface area contributed by atoms with Gasteiger partial charge in [-0.05, 0) is 54.3 Å². The van der Waals surface area contributed by atoms with E-state index in [1.165, 1.54) is 0 Å². The molecular weight excluding hydrogens is 331 g/mol. The Morgan fingerprint density at radius 2 is 1.48 bits per heavy atom. The van der Waals surface area contributed by atoms with E-state index in [2.05, 4.69) is 0 Å². The van der Waals surface area contributed by atoms with E-state index in [1.54, 1.807) is 14.2 Å². The lowest BCUT2D eigenvalue weighted by Crippen LogP contribution is -1.95. The summed E-state index contributed by atoms with van der Waals surface area (Å²) >= 11 is 18.5. The maximum absolute atomic E-state index is 6.20. The molecule has 0 atom stereocenters. The van der Waals surface area contributed by atoms with Gasteiger partial charge in [0.15, 0.2) is 5.75 Å². The molecule has 0 bridgehead atoms. The highest BCUT2D eigenvalue weighted by Crippen LogP contribution is 2.34. The quantitative estimate of drug-likeness (QED) is 0.717. The minimum Gasteiger partial charge on any atom is -0.497 e. The first-order valence-corrected chi connectivity index (χ1v) is 7.53. The summed E-state index contributed by atoms with van der Waals surface area (Å²) in [5.41, 5.74) is 2.06. The first-order valence-electron chi connectivity index (χ1n) is 6.39. The summed E-state index contributed by atoms with van der Waals surface area (Å²) in [5.74, 6) is 1.29. The van der Waals surface area contributed by atoms with Gasteiger partial charge in [-0.2, -0.15) is 0 Å². The zero-order chi connectivity index (χ0) is 15.4. The Kier molecular flexibility index (Phi) is 5.63. The molecule has 2 aromatic rings. The van der Waals surface area contributed by atoms with Crippen LogP contribution in [0.1, 0.15) is 11.1 Å². The molecule has 0 aliphatic carbocycles. The molecule has 0 aromatic heterocycles. The van der Waals surface area contributed by atoms with Crippen molar-refractivity contribution in [3.8, 4) is 11.5 Å². The molecule has 5 heteroatoms. The third-order valence-corrected chi connectivity index (χ3v) is 4.13. The number of ether oxygens (including phenoxy) is 2. The molecule has 0 amide bonds. The van der Waals surface area contributed by atoms with Crippen molar-refractivity contribution in [2.75, 3.05) is 14.2 Å². The van der Waals surface area contributed by atoms with E-state index in [4.69, 9.17) is 44.3 Å². The van der Waals surface area contributed by atoms with Gasteiger partial charge >= 0.3 is 0 Å². The molecule has 2 rings (SSSR count). The Bertz CT molecular complexity index is 618. The van der Waals surface area contributed by atoms with Crippen LogP contribution in [0.25, 0.3) is 0 Å². The molecule has 0 aliphatic rings. The number of hydrogen-bond acceptors (Lipinski definition) is 2.